The fraction of sp³-hybridized carbons (Fsp3) is 0.842. The Balaban J connectivity index is -0.0000000358. The molecule has 0 aromatic carbocycles. The molecule has 1 atom stereocenters. The molecule has 0 saturated carbocycles. The standard InChI is InChI=1S/C8H16.C5H12.C3H8.C2H6.CH3.Rb/c1-5-7-8(3,4)6-2;1-4-5(2)3;1-3-2;1-2;;/h2-3,5-7H2,1,4H3;5H,4H2,1-3H3;3H2,1-2H3;1-2H3;1H3;/q-2;;;;-1;+1. The van der Waals surface area contributed by atoms with E-state index in [2.05, 4.69) is 62.3 Å². The van der Waals surface area contributed by atoms with Crippen molar-refractivity contribution in [2.45, 2.75) is 94.4 Å². The maximum Gasteiger partial charge on any atom is 1.00 e. The van der Waals surface area contributed by atoms with Crippen LogP contribution in [0.3, 0.4) is 0 Å². The average molecular weight is 359 g/mol. The number of rotatable bonds is 4. The molecule has 0 nitrogen and oxygen atoms in total. The van der Waals surface area contributed by atoms with E-state index in [0.29, 0.717) is 0 Å². The topological polar surface area (TPSA) is 0 Å². The van der Waals surface area contributed by atoms with Crippen LogP contribution >= 0.6 is 0 Å². The van der Waals surface area contributed by atoms with Crippen LogP contribution < -0.4 is 58.2 Å². The van der Waals surface area contributed by atoms with E-state index >= 15 is 0 Å². The molecule has 0 heterocycles. The first-order valence-corrected chi connectivity index (χ1v) is 7.95. The van der Waals surface area contributed by atoms with Gasteiger partial charge in [-0.3, -0.25) is 0 Å². The van der Waals surface area contributed by atoms with Crippen LogP contribution in [0.5, 0.6) is 0 Å². The fourth-order valence-electron chi connectivity index (χ4n) is 0.729. The summed E-state index contributed by atoms with van der Waals surface area (Å²) in [4.78, 5) is 0. The molecule has 0 radical (unpaired) electrons. The van der Waals surface area contributed by atoms with E-state index in [4.69, 9.17) is 0 Å². The van der Waals surface area contributed by atoms with Gasteiger partial charge in [-0.1, -0.05) is 88.0 Å². The first-order valence-electron chi connectivity index (χ1n) is 7.95. The zero-order valence-corrected chi connectivity index (χ0v) is 21.9. The number of hydrogen-bond acceptors (Lipinski definition) is 0. The summed E-state index contributed by atoms with van der Waals surface area (Å²) in [6.07, 6.45) is 5.91. The van der Waals surface area contributed by atoms with E-state index in [9.17, 15) is 0 Å². The van der Waals surface area contributed by atoms with E-state index in [1.165, 1.54) is 25.7 Å². The third-order valence-electron chi connectivity index (χ3n) is 2.27. The van der Waals surface area contributed by atoms with E-state index in [1.807, 2.05) is 13.8 Å². The van der Waals surface area contributed by atoms with Crippen LogP contribution in [0, 0.1) is 32.6 Å². The number of hydrogen-bond donors (Lipinski definition) is 0. The van der Waals surface area contributed by atoms with Crippen molar-refractivity contribution in [3.05, 3.63) is 21.3 Å². The summed E-state index contributed by atoms with van der Waals surface area (Å²) >= 11 is 0. The minimum Gasteiger partial charge on any atom is -0.358 e. The molecular formula is C19H45Rb-2. The third kappa shape index (κ3) is 60.0. The van der Waals surface area contributed by atoms with Crippen molar-refractivity contribution in [2.75, 3.05) is 0 Å². The van der Waals surface area contributed by atoms with Gasteiger partial charge in [-0.2, -0.15) is 5.41 Å². The fourth-order valence-corrected chi connectivity index (χ4v) is 0.729. The van der Waals surface area contributed by atoms with Crippen LogP contribution in [-0.2, 0) is 0 Å². The average Bonchev–Trinajstić information content (AvgIpc) is 2.33. The molecule has 0 spiro atoms. The summed E-state index contributed by atoms with van der Waals surface area (Å²) < 4.78 is 0. The Kier molecular flexibility index (Phi) is 61.7. The van der Waals surface area contributed by atoms with Gasteiger partial charge in [-0.25, -0.2) is 6.42 Å². The van der Waals surface area contributed by atoms with Crippen molar-refractivity contribution >= 4 is 0 Å². The van der Waals surface area contributed by atoms with Gasteiger partial charge in [0.1, 0.15) is 0 Å². The van der Waals surface area contributed by atoms with Crippen LogP contribution in [0.25, 0.3) is 0 Å². The predicted octanol–water partition coefficient (Wildman–Crippen LogP) is 4.80. The maximum absolute atomic E-state index is 4.02. The molecule has 0 bridgehead atoms. The van der Waals surface area contributed by atoms with Crippen LogP contribution in [-0.4, -0.2) is 0 Å². The van der Waals surface area contributed by atoms with Crippen molar-refractivity contribution in [1.29, 1.82) is 0 Å². The Morgan fingerprint density at radius 1 is 1.00 bits per heavy atom. The second-order valence-corrected chi connectivity index (χ2v) is 5.32. The van der Waals surface area contributed by atoms with Crippen LogP contribution in [0.1, 0.15) is 94.4 Å². The molecule has 0 rings (SSSR count). The van der Waals surface area contributed by atoms with Crippen molar-refractivity contribution < 1.29 is 58.2 Å². The molecular weight excluding hydrogens is 314 g/mol. The van der Waals surface area contributed by atoms with Gasteiger partial charge in [0.25, 0.3) is 0 Å². The van der Waals surface area contributed by atoms with Gasteiger partial charge in [0, 0.05) is 0 Å². The Morgan fingerprint density at radius 2 is 1.25 bits per heavy atom. The van der Waals surface area contributed by atoms with Crippen molar-refractivity contribution in [3.8, 4) is 0 Å². The van der Waals surface area contributed by atoms with Gasteiger partial charge in [0.2, 0.25) is 0 Å². The summed E-state index contributed by atoms with van der Waals surface area (Å²) in [5, 5.41) is 0. The van der Waals surface area contributed by atoms with E-state index in [1.54, 1.807) is 0 Å². The zero-order chi connectivity index (χ0) is 15.6. The smallest absolute Gasteiger partial charge is 0.358 e. The summed E-state index contributed by atoms with van der Waals surface area (Å²) in [5.41, 5.74) is 0.231. The molecule has 1 unspecified atom stereocenters. The molecule has 20 heavy (non-hydrogen) atoms. The SMILES string of the molecule is CC.CCC.CCC(C)C.[CH2-]CC([CH2-])(C)CCC.[CH3-].[Rb+]. The Morgan fingerprint density at radius 3 is 1.30 bits per heavy atom. The molecule has 0 aromatic rings. The quantitative estimate of drug-likeness (QED) is 0.633. The van der Waals surface area contributed by atoms with E-state index in [0.717, 1.165) is 12.3 Å². The summed E-state index contributed by atoms with van der Waals surface area (Å²) in [6, 6.07) is 0. The van der Waals surface area contributed by atoms with Gasteiger partial charge in [0.15, 0.2) is 0 Å². The minimum atomic E-state index is 0. The molecule has 0 aromatic heterocycles. The zero-order valence-electron chi connectivity index (χ0n) is 17.0. The molecule has 0 aliphatic carbocycles. The second kappa shape index (κ2) is 32.7. The molecule has 124 valence electrons. The van der Waals surface area contributed by atoms with Gasteiger partial charge in [0.05, 0.1) is 0 Å². The second-order valence-electron chi connectivity index (χ2n) is 5.32. The van der Waals surface area contributed by atoms with E-state index < -0.39 is 0 Å². The van der Waals surface area contributed by atoms with Crippen LogP contribution in [0.15, 0.2) is 0 Å². The van der Waals surface area contributed by atoms with Crippen molar-refractivity contribution in [2.24, 2.45) is 11.3 Å². The van der Waals surface area contributed by atoms with Gasteiger partial charge in [-0.05, 0) is 5.92 Å². The molecule has 0 N–H and O–H groups in total. The van der Waals surface area contributed by atoms with Crippen LogP contribution in [0.2, 0.25) is 0 Å². The molecule has 0 fully saturated rings. The van der Waals surface area contributed by atoms with Gasteiger partial charge in [-0.15, -0.1) is 0 Å². The first-order chi connectivity index (χ1) is 8.31. The molecule has 0 aliphatic rings. The normalized spacial score (nSPS) is 10.8. The predicted molar refractivity (Wildman–Crippen MR) is 97.2 cm³/mol. The molecule has 0 saturated heterocycles. The molecule has 0 aliphatic heterocycles. The monoisotopic (exact) mass is 358 g/mol. The summed E-state index contributed by atoms with van der Waals surface area (Å²) in [7, 11) is 0. The van der Waals surface area contributed by atoms with E-state index in [-0.39, 0.29) is 71.0 Å². The summed E-state index contributed by atoms with van der Waals surface area (Å²) in [5.74, 6) is 0.884. The first kappa shape index (κ1) is 37.8. The van der Waals surface area contributed by atoms with Crippen molar-refractivity contribution in [3.63, 3.8) is 0 Å². The Labute approximate surface area is 183 Å². The van der Waals surface area contributed by atoms with Gasteiger partial charge < -0.3 is 21.3 Å². The summed E-state index contributed by atoms with van der Waals surface area (Å²) in [6.45, 7) is 27.1. The minimum absolute atomic E-state index is 0. The van der Waals surface area contributed by atoms with Crippen LogP contribution in [0.4, 0.5) is 0 Å². The Hall–Kier alpha value is 1.81. The maximum atomic E-state index is 4.02. The Bertz CT molecular complexity index is 106. The molecule has 0 amide bonds. The third-order valence-corrected chi connectivity index (χ3v) is 2.27. The van der Waals surface area contributed by atoms with Gasteiger partial charge >= 0.3 is 58.2 Å². The molecule has 1 heteroatoms. The largest absolute Gasteiger partial charge is 1.00 e. The van der Waals surface area contributed by atoms with Crippen molar-refractivity contribution in [1.82, 2.24) is 0 Å².